The summed E-state index contributed by atoms with van der Waals surface area (Å²) in [5.74, 6) is 0. The number of rotatable bonds is 2. The lowest BCUT2D eigenvalue weighted by Crippen LogP contribution is -2.50. The van der Waals surface area contributed by atoms with Crippen molar-refractivity contribution in [1.82, 2.24) is 15.2 Å². The molecule has 4 nitrogen and oxygen atoms in total. The van der Waals surface area contributed by atoms with Crippen molar-refractivity contribution in [2.24, 2.45) is 0 Å². The molecule has 0 aromatic carbocycles. The standard InChI is InChI=1S/C12H14Cl2N4/c1-8-4-11(13)10(12(14)17-8)7-18-3-2-16-6-9(18)5-15/h4,9,16H,2-3,6-7H2,1H3. The van der Waals surface area contributed by atoms with Crippen LogP contribution in [-0.2, 0) is 6.54 Å². The van der Waals surface area contributed by atoms with E-state index in [-0.39, 0.29) is 6.04 Å². The Morgan fingerprint density at radius 2 is 2.39 bits per heavy atom. The average Bonchev–Trinajstić information content (AvgIpc) is 2.34. The highest BCUT2D eigenvalue weighted by atomic mass is 35.5. The molecule has 1 unspecified atom stereocenters. The summed E-state index contributed by atoms with van der Waals surface area (Å²) in [5, 5.41) is 13.3. The van der Waals surface area contributed by atoms with Crippen LogP contribution in [0.1, 0.15) is 11.3 Å². The van der Waals surface area contributed by atoms with Crippen LogP contribution in [0.5, 0.6) is 0 Å². The lowest BCUT2D eigenvalue weighted by molar-refractivity contribution is 0.189. The fourth-order valence-electron chi connectivity index (χ4n) is 2.03. The van der Waals surface area contributed by atoms with Gasteiger partial charge in [0, 0.05) is 42.5 Å². The molecule has 1 aliphatic rings. The second-order valence-corrected chi connectivity index (χ2v) is 5.10. The van der Waals surface area contributed by atoms with Crippen LogP contribution in [0.3, 0.4) is 0 Å². The SMILES string of the molecule is Cc1cc(Cl)c(CN2CCNCC2C#N)c(Cl)n1. The predicted molar refractivity (Wildman–Crippen MR) is 71.7 cm³/mol. The van der Waals surface area contributed by atoms with Gasteiger partial charge in [0.05, 0.1) is 6.07 Å². The van der Waals surface area contributed by atoms with Gasteiger partial charge in [-0.2, -0.15) is 5.26 Å². The third-order valence-corrected chi connectivity index (χ3v) is 3.66. The number of hydrogen-bond donors (Lipinski definition) is 1. The highest BCUT2D eigenvalue weighted by molar-refractivity contribution is 6.35. The maximum Gasteiger partial charge on any atom is 0.135 e. The lowest BCUT2D eigenvalue weighted by Gasteiger charge is -2.32. The summed E-state index contributed by atoms with van der Waals surface area (Å²) in [6.07, 6.45) is 0. The van der Waals surface area contributed by atoms with Crippen LogP contribution in [0.4, 0.5) is 0 Å². The number of hydrogen-bond acceptors (Lipinski definition) is 4. The molecule has 0 spiro atoms. The van der Waals surface area contributed by atoms with Gasteiger partial charge in [0.1, 0.15) is 11.2 Å². The molecule has 96 valence electrons. The van der Waals surface area contributed by atoms with E-state index in [0.717, 1.165) is 24.3 Å². The van der Waals surface area contributed by atoms with Gasteiger partial charge in [0.25, 0.3) is 0 Å². The molecule has 6 heteroatoms. The van der Waals surface area contributed by atoms with Gasteiger partial charge in [-0.15, -0.1) is 0 Å². The van der Waals surface area contributed by atoms with Crippen molar-refractivity contribution in [3.8, 4) is 6.07 Å². The molecule has 1 aromatic rings. The highest BCUT2D eigenvalue weighted by Crippen LogP contribution is 2.26. The third kappa shape index (κ3) is 2.93. The molecule has 0 aliphatic carbocycles. The topological polar surface area (TPSA) is 52.0 Å². The first-order valence-electron chi connectivity index (χ1n) is 5.77. The van der Waals surface area contributed by atoms with Gasteiger partial charge in [-0.05, 0) is 13.0 Å². The Kier molecular flexibility index (Phi) is 4.41. The predicted octanol–water partition coefficient (Wildman–Crippen LogP) is 1.99. The molecule has 2 rings (SSSR count). The Balaban J connectivity index is 2.21. The smallest absolute Gasteiger partial charge is 0.135 e. The molecular weight excluding hydrogens is 271 g/mol. The molecule has 1 N–H and O–H groups in total. The Bertz CT molecular complexity index is 460. The number of piperazine rings is 1. The van der Waals surface area contributed by atoms with Gasteiger partial charge in [-0.3, -0.25) is 4.90 Å². The summed E-state index contributed by atoms with van der Waals surface area (Å²) >= 11 is 12.3. The summed E-state index contributed by atoms with van der Waals surface area (Å²) in [4.78, 5) is 6.28. The zero-order valence-corrected chi connectivity index (χ0v) is 11.6. The number of nitriles is 1. The molecule has 0 radical (unpaired) electrons. The normalized spacial score (nSPS) is 20.7. The van der Waals surface area contributed by atoms with Gasteiger partial charge >= 0.3 is 0 Å². The number of aryl methyl sites for hydroxylation is 1. The first-order chi connectivity index (χ1) is 8.61. The van der Waals surface area contributed by atoms with Gasteiger partial charge < -0.3 is 5.32 Å². The molecule has 1 aromatic heterocycles. The Hall–Kier alpha value is -0.860. The van der Waals surface area contributed by atoms with Crippen LogP contribution in [0, 0.1) is 18.3 Å². The molecule has 0 amide bonds. The molecule has 1 fully saturated rings. The second-order valence-electron chi connectivity index (χ2n) is 4.33. The van der Waals surface area contributed by atoms with Crippen molar-refractivity contribution in [2.75, 3.05) is 19.6 Å². The average molecular weight is 285 g/mol. The van der Waals surface area contributed by atoms with Crippen molar-refractivity contribution in [3.63, 3.8) is 0 Å². The molecular formula is C12H14Cl2N4. The van der Waals surface area contributed by atoms with Gasteiger partial charge in [-0.1, -0.05) is 23.2 Å². The number of halogens is 2. The van der Waals surface area contributed by atoms with Crippen LogP contribution < -0.4 is 5.32 Å². The zero-order chi connectivity index (χ0) is 13.1. The van der Waals surface area contributed by atoms with Gasteiger partial charge in [-0.25, -0.2) is 4.98 Å². The largest absolute Gasteiger partial charge is 0.313 e. The van der Waals surface area contributed by atoms with E-state index >= 15 is 0 Å². The van der Waals surface area contributed by atoms with E-state index < -0.39 is 0 Å². The Morgan fingerprint density at radius 1 is 1.61 bits per heavy atom. The third-order valence-electron chi connectivity index (χ3n) is 3.01. The Labute approximate surface area is 117 Å². The molecule has 2 heterocycles. The van der Waals surface area contributed by atoms with E-state index in [9.17, 15) is 0 Å². The molecule has 18 heavy (non-hydrogen) atoms. The second kappa shape index (κ2) is 5.85. The van der Waals surface area contributed by atoms with Crippen LogP contribution in [0.25, 0.3) is 0 Å². The van der Waals surface area contributed by atoms with Crippen LogP contribution in [0.2, 0.25) is 10.2 Å². The summed E-state index contributed by atoms with van der Waals surface area (Å²) < 4.78 is 0. The minimum atomic E-state index is -0.146. The lowest BCUT2D eigenvalue weighted by atomic mass is 10.1. The number of nitrogens with one attached hydrogen (secondary N) is 1. The van der Waals surface area contributed by atoms with Crippen molar-refractivity contribution in [2.45, 2.75) is 19.5 Å². The molecule has 0 saturated carbocycles. The van der Waals surface area contributed by atoms with Crippen molar-refractivity contribution < 1.29 is 0 Å². The minimum Gasteiger partial charge on any atom is -0.313 e. The maximum absolute atomic E-state index is 9.11. The quantitative estimate of drug-likeness (QED) is 0.844. The zero-order valence-electron chi connectivity index (χ0n) is 10.1. The molecule has 1 atom stereocenters. The van der Waals surface area contributed by atoms with Crippen LogP contribution >= 0.6 is 23.2 Å². The summed E-state index contributed by atoms with van der Waals surface area (Å²) in [7, 11) is 0. The first kappa shape index (κ1) is 13.6. The molecule has 1 saturated heterocycles. The van der Waals surface area contributed by atoms with Crippen LogP contribution in [0.15, 0.2) is 6.07 Å². The summed E-state index contributed by atoms with van der Waals surface area (Å²) in [6, 6.07) is 3.93. The molecule has 0 bridgehead atoms. The molecule has 1 aliphatic heterocycles. The first-order valence-corrected chi connectivity index (χ1v) is 6.53. The van der Waals surface area contributed by atoms with Crippen molar-refractivity contribution in [1.29, 1.82) is 5.26 Å². The van der Waals surface area contributed by atoms with E-state index in [1.807, 2.05) is 6.92 Å². The van der Waals surface area contributed by atoms with E-state index in [2.05, 4.69) is 21.3 Å². The van der Waals surface area contributed by atoms with Gasteiger partial charge in [0.15, 0.2) is 0 Å². The highest BCUT2D eigenvalue weighted by Gasteiger charge is 2.23. The van der Waals surface area contributed by atoms with Crippen molar-refractivity contribution in [3.05, 3.63) is 27.5 Å². The number of aromatic nitrogens is 1. The van der Waals surface area contributed by atoms with E-state index in [4.69, 9.17) is 28.5 Å². The minimum absolute atomic E-state index is 0.146. The fourth-order valence-corrected chi connectivity index (χ4v) is 2.68. The van der Waals surface area contributed by atoms with E-state index in [0.29, 0.717) is 23.3 Å². The van der Waals surface area contributed by atoms with Gasteiger partial charge in [0.2, 0.25) is 0 Å². The Morgan fingerprint density at radius 3 is 3.06 bits per heavy atom. The van der Waals surface area contributed by atoms with Crippen LogP contribution in [-0.4, -0.2) is 35.6 Å². The van der Waals surface area contributed by atoms with E-state index in [1.54, 1.807) is 6.07 Å². The number of pyridine rings is 1. The fraction of sp³-hybridized carbons (Fsp3) is 0.500. The van der Waals surface area contributed by atoms with E-state index in [1.165, 1.54) is 0 Å². The number of nitrogens with zero attached hydrogens (tertiary/aromatic N) is 3. The maximum atomic E-state index is 9.11. The summed E-state index contributed by atoms with van der Waals surface area (Å²) in [5.41, 5.74) is 1.59. The van der Waals surface area contributed by atoms with Crippen molar-refractivity contribution >= 4 is 23.2 Å². The monoisotopic (exact) mass is 284 g/mol. The summed E-state index contributed by atoms with van der Waals surface area (Å²) in [6.45, 7) is 4.76.